The van der Waals surface area contributed by atoms with Crippen LogP contribution in [0.15, 0.2) is 30.6 Å². The van der Waals surface area contributed by atoms with E-state index in [0.717, 1.165) is 0 Å². The molecule has 0 saturated heterocycles. The Morgan fingerprint density at radius 2 is 1.92 bits per heavy atom. The van der Waals surface area contributed by atoms with Gasteiger partial charge >= 0.3 is 0 Å². The number of nitrogens with zero attached hydrogens (tertiary/aromatic N) is 5. The summed E-state index contributed by atoms with van der Waals surface area (Å²) in [6, 6.07) is 6.09. The van der Waals surface area contributed by atoms with Gasteiger partial charge in [-0.2, -0.15) is 14.6 Å². The molecule has 2 heterocycles. The Morgan fingerprint density at radius 1 is 1.20 bits per heavy atom. The fourth-order valence-corrected chi connectivity index (χ4v) is 3.36. The lowest BCUT2D eigenvalue weighted by atomic mass is 9.75. The third-order valence-corrected chi connectivity index (χ3v) is 4.42. The highest BCUT2D eigenvalue weighted by Gasteiger charge is 2.35. The molecule has 1 aliphatic rings. The van der Waals surface area contributed by atoms with E-state index in [1.807, 2.05) is 13.8 Å². The van der Waals surface area contributed by atoms with Gasteiger partial charge in [-0.25, -0.2) is 4.98 Å². The lowest BCUT2D eigenvalue weighted by molar-refractivity contribution is -0.384. The summed E-state index contributed by atoms with van der Waals surface area (Å²) in [6.07, 6.45) is 2.47. The van der Waals surface area contributed by atoms with Crippen molar-refractivity contribution in [1.82, 2.24) is 19.6 Å². The molecule has 1 aromatic carbocycles. The van der Waals surface area contributed by atoms with Crippen LogP contribution in [0.2, 0.25) is 0 Å². The van der Waals surface area contributed by atoms with E-state index < -0.39 is 4.92 Å². The van der Waals surface area contributed by atoms with Crippen molar-refractivity contribution in [2.24, 2.45) is 5.41 Å². The van der Waals surface area contributed by atoms with Gasteiger partial charge < -0.3 is 0 Å². The minimum atomic E-state index is -0.454. The van der Waals surface area contributed by atoms with Crippen LogP contribution in [0.3, 0.4) is 0 Å². The summed E-state index contributed by atoms with van der Waals surface area (Å²) in [7, 11) is 0. The minimum Gasteiger partial charge on any atom is -0.294 e. The monoisotopic (exact) mass is 337 g/mol. The van der Waals surface area contributed by atoms with Gasteiger partial charge in [-0.1, -0.05) is 13.8 Å². The maximum atomic E-state index is 12.8. The van der Waals surface area contributed by atoms with Crippen LogP contribution in [0.1, 0.15) is 36.3 Å². The zero-order chi connectivity index (χ0) is 17.8. The van der Waals surface area contributed by atoms with Gasteiger partial charge in [0.15, 0.2) is 5.78 Å². The van der Waals surface area contributed by atoms with Crippen LogP contribution < -0.4 is 0 Å². The van der Waals surface area contributed by atoms with Gasteiger partial charge in [-0.05, 0) is 24.0 Å². The topological polar surface area (TPSA) is 103 Å². The molecular formula is C17H15N5O3. The van der Waals surface area contributed by atoms with Crippen molar-refractivity contribution in [3.63, 3.8) is 0 Å². The molecule has 0 aliphatic heterocycles. The summed E-state index contributed by atoms with van der Waals surface area (Å²) in [5.41, 5.74) is 2.33. The second-order valence-corrected chi connectivity index (χ2v) is 7.00. The van der Waals surface area contributed by atoms with Crippen LogP contribution in [0.25, 0.3) is 17.0 Å². The number of rotatable bonds is 2. The van der Waals surface area contributed by atoms with Gasteiger partial charge in [0, 0.05) is 24.1 Å². The minimum absolute atomic E-state index is 0.00417. The number of nitro groups is 1. The van der Waals surface area contributed by atoms with Gasteiger partial charge in [0.1, 0.15) is 6.33 Å². The zero-order valence-corrected chi connectivity index (χ0v) is 13.8. The quantitative estimate of drug-likeness (QED) is 0.526. The highest BCUT2D eigenvalue weighted by molar-refractivity contribution is 6.04. The van der Waals surface area contributed by atoms with Crippen molar-refractivity contribution < 1.29 is 9.72 Å². The normalized spacial score (nSPS) is 16.0. The van der Waals surface area contributed by atoms with Crippen LogP contribution in [0, 0.1) is 15.5 Å². The Hall–Kier alpha value is -3.16. The Kier molecular flexibility index (Phi) is 3.18. The molecule has 25 heavy (non-hydrogen) atoms. The lowest BCUT2D eigenvalue weighted by Gasteiger charge is -2.30. The van der Waals surface area contributed by atoms with Gasteiger partial charge in [-0.3, -0.25) is 14.9 Å². The van der Waals surface area contributed by atoms with Gasteiger partial charge in [0.25, 0.3) is 11.5 Å². The van der Waals surface area contributed by atoms with E-state index in [-0.39, 0.29) is 16.9 Å². The molecule has 4 rings (SSSR count). The molecule has 0 radical (unpaired) electrons. The summed E-state index contributed by atoms with van der Waals surface area (Å²) in [5, 5.41) is 15.1. The number of nitro benzene ring substituents is 1. The molecule has 3 aromatic rings. The van der Waals surface area contributed by atoms with E-state index in [1.165, 1.54) is 23.0 Å². The second-order valence-electron chi connectivity index (χ2n) is 7.00. The third kappa shape index (κ3) is 2.46. The summed E-state index contributed by atoms with van der Waals surface area (Å²) >= 11 is 0. The number of carbonyl (C=O) groups is 1. The fourth-order valence-electron chi connectivity index (χ4n) is 3.36. The number of ketones is 1. The number of non-ortho nitro benzene ring substituents is 1. The summed E-state index contributed by atoms with van der Waals surface area (Å²) in [5.74, 6) is 0.419. The van der Waals surface area contributed by atoms with Crippen LogP contribution in [0.5, 0.6) is 0 Å². The number of benzene rings is 1. The van der Waals surface area contributed by atoms with Crippen molar-refractivity contribution >= 4 is 17.2 Å². The van der Waals surface area contributed by atoms with Gasteiger partial charge in [0.05, 0.1) is 21.9 Å². The molecule has 2 aromatic heterocycles. The SMILES string of the molecule is CC1(C)CC(=O)c2c(nc3ncnn3c2-c2ccc([N+](=O)[O-])cc2)C1. The molecule has 0 N–H and O–H groups in total. The Morgan fingerprint density at radius 3 is 2.60 bits per heavy atom. The standard InChI is InChI=1S/C17H15N5O3/c1-17(2)7-12-14(13(23)8-17)15(21-16(20-12)18-9-19-21)10-3-5-11(6-4-10)22(24)25/h3-6,9H,7-8H2,1-2H3. The van der Waals surface area contributed by atoms with Crippen molar-refractivity contribution in [2.45, 2.75) is 26.7 Å². The average Bonchev–Trinajstić information content (AvgIpc) is 2.99. The summed E-state index contributed by atoms with van der Waals surface area (Å²) in [4.78, 5) is 31.9. The highest BCUT2D eigenvalue weighted by Crippen LogP contribution is 2.38. The largest absolute Gasteiger partial charge is 0.294 e. The van der Waals surface area contributed by atoms with Crippen LogP contribution in [-0.2, 0) is 6.42 Å². The molecule has 0 amide bonds. The van der Waals surface area contributed by atoms with Crippen molar-refractivity contribution in [1.29, 1.82) is 0 Å². The Labute approximate surface area is 142 Å². The number of hydrogen-bond acceptors (Lipinski definition) is 6. The number of hydrogen-bond donors (Lipinski definition) is 0. The van der Waals surface area contributed by atoms with Crippen LogP contribution in [-0.4, -0.2) is 30.3 Å². The third-order valence-electron chi connectivity index (χ3n) is 4.42. The Bertz CT molecular complexity index is 1020. The smallest absolute Gasteiger partial charge is 0.269 e. The molecular weight excluding hydrogens is 322 g/mol. The first-order chi connectivity index (χ1) is 11.9. The molecule has 0 saturated carbocycles. The van der Waals surface area contributed by atoms with Crippen LogP contribution >= 0.6 is 0 Å². The molecule has 8 nitrogen and oxygen atoms in total. The molecule has 126 valence electrons. The first-order valence-electron chi connectivity index (χ1n) is 7.86. The highest BCUT2D eigenvalue weighted by atomic mass is 16.6. The first-order valence-corrected chi connectivity index (χ1v) is 7.86. The maximum absolute atomic E-state index is 12.8. The van der Waals surface area contributed by atoms with Gasteiger partial charge in [0.2, 0.25) is 0 Å². The van der Waals surface area contributed by atoms with Gasteiger partial charge in [-0.15, -0.1) is 0 Å². The van der Waals surface area contributed by atoms with E-state index >= 15 is 0 Å². The number of Topliss-reactive ketones (excluding diaryl/α,β-unsaturated/α-hetero) is 1. The lowest BCUT2D eigenvalue weighted by Crippen LogP contribution is -2.29. The molecule has 0 bridgehead atoms. The number of carbonyl (C=O) groups excluding carboxylic acids is 1. The van der Waals surface area contributed by atoms with Crippen molar-refractivity contribution in [3.8, 4) is 11.3 Å². The van der Waals surface area contributed by atoms with Crippen molar-refractivity contribution in [2.75, 3.05) is 0 Å². The molecule has 0 atom stereocenters. The van der Waals surface area contributed by atoms with Crippen molar-refractivity contribution in [3.05, 3.63) is 52.0 Å². The van der Waals surface area contributed by atoms with Crippen LogP contribution in [0.4, 0.5) is 5.69 Å². The second kappa shape index (κ2) is 5.17. The number of fused-ring (bicyclic) bond motifs is 2. The molecule has 0 unspecified atom stereocenters. The van der Waals surface area contributed by atoms with E-state index in [2.05, 4.69) is 15.1 Å². The molecule has 1 aliphatic carbocycles. The summed E-state index contributed by atoms with van der Waals surface area (Å²) < 4.78 is 1.52. The molecule has 0 fully saturated rings. The number of aromatic nitrogens is 4. The zero-order valence-electron chi connectivity index (χ0n) is 13.8. The average molecular weight is 337 g/mol. The first kappa shape index (κ1) is 15.4. The fraction of sp³-hybridized carbons (Fsp3) is 0.294. The molecule has 0 spiro atoms. The predicted molar refractivity (Wildman–Crippen MR) is 89.3 cm³/mol. The summed E-state index contributed by atoms with van der Waals surface area (Å²) in [6.45, 7) is 4.07. The Balaban J connectivity index is 2.00. The van der Waals surface area contributed by atoms with E-state index in [9.17, 15) is 14.9 Å². The predicted octanol–water partition coefficient (Wildman–Crippen LogP) is 2.85. The maximum Gasteiger partial charge on any atom is 0.269 e. The van der Waals surface area contributed by atoms with E-state index in [1.54, 1.807) is 12.1 Å². The molecule has 8 heteroatoms. The van der Waals surface area contributed by atoms with E-state index in [4.69, 9.17) is 0 Å². The van der Waals surface area contributed by atoms with E-state index in [0.29, 0.717) is 41.1 Å².